The van der Waals surface area contributed by atoms with Crippen molar-refractivity contribution in [3.63, 3.8) is 0 Å². The van der Waals surface area contributed by atoms with Crippen LogP contribution in [0, 0.1) is 15.9 Å². The van der Waals surface area contributed by atoms with Gasteiger partial charge < -0.3 is 19.1 Å². The highest BCUT2D eigenvalue weighted by atomic mass is 35.5. The van der Waals surface area contributed by atoms with Gasteiger partial charge in [0.15, 0.2) is 6.61 Å². The first-order valence-electron chi connectivity index (χ1n) is 13.5. The highest BCUT2D eigenvalue weighted by Gasteiger charge is 2.36. The number of nitro benzene ring substituents is 1. The van der Waals surface area contributed by atoms with Gasteiger partial charge in [0.05, 0.1) is 22.1 Å². The number of carbonyl (C=O) groups is 1. The summed E-state index contributed by atoms with van der Waals surface area (Å²) in [5.74, 6) is -0.824. The summed E-state index contributed by atoms with van der Waals surface area (Å²) in [5, 5.41) is 15.4. The Labute approximate surface area is 276 Å². The van der Waals surface area contributed by atoms with Crippen LogP contribution in [0.15, 0.2) is 60.7 Å². The number of aromatic nitrogens is 2. The van der Waals surface area contributed by atoms with Crippen molar-refractivity contribution in [1.29, 1.82) is 0 Å². The van der Waals surface area contributed by atoms with E-state index in [0.717, 1.165) is 18.2 Å². The zero-order valence-electron chi connectivity index (χ0n) is 24.9. The Kier molecular flexibility index (Phi) is 12.5. The van der Waals surface area contributed by atoms with Crippen molar-refractivity contribution in [2.75, 3.05) is 18.1 Å². The van der Waals surface area contributed by atoms with Gasteiger partial charge in [-0.2, -0.15) is 26.3 Å². The number of anilines is 1. The van der Waals surface area contributed by atoms with E-state index in [1.807, 2.05) is 0 Å². The predicted molar refractivity (Wildman–Crippen MR) is 160 cm³/mol. The van der Waals surface area contributed by atoms with Gasteiger partial charge in [-0.1, -0.05) is 28.0 Å². The average molecular weight is 725 g/mol. The van der Waals surface area contributed by atoms with E-state index in [1.54, 1.807) is 20.8 Å². The van der Waals surface area contributed by atoms with Gasteiger partial charge in [0.1, 0.15) is 17.3 Å². The summed E-state index contributed by atoms with van der Waals surface area (Å²) in [6.45, 7) is 4.83. The predicted octanol–water partition coefficient (Wildman–Crippen LogP) is 8.97. The third kappa shape index (κ3) is 10.4. The molecular weight excluding hydrogens is 701 g/mol. The molecule has 4 aromatic rings. The molecule has 1 heterocycles. The van der Waals surface area contributed by atoms with E-state index in [4.69, 9.17) is 25.8 Å². The Bertz CT molecular complexity index is 1720. The van der Waals surface area contributed by atoms with E-state index in [2.05, 4.69) is 10.2 Å². The fourth-order valence-corrected chi connectivity index (χ4v) is 4.56. The molecule has 0 atom stereocenters. The minimum atomic E-state index is -4.61. The van der Waals surface area contributed by atoms with Gasteiger partial charge in [0.2, 0.25) is 10.8 Å². The van der Waals surface area contributed by atoms with Crippen LogP contribution >= 0.6 is 22.9 Å². The summed E-state index contributed by atoms with van der Waals surface area (Å²) in [6.07, 6.45) is -9.13. The summed E-state index contributed by atoms with van der Waals surface area (Å²) in [4.78, 5) is 23.9. The Morgan fingerprint density at radius 2 is 1.62 bits per heavy atom. The van der Waals surface area contributed by atoms with Crippen molar-refractivity contribution in [2.45, 2.75) is 39.2 Å². The number of rotatable bonds is 10. The SMILES string of the molecule is CC(C)N(C(=O)COc1nnc(C(F)(F)F)s1)c1ccc(F)cc1.CCOc1cc(Oc2ccc(C(F)(F)F)cc2Cl)ccc1[N+](=O)[O-]. The number of hydrogen-bond donors (Lipinski definition) is 0. The molecule has 258 valence electrons. The minimum absolute atomic E-state index is 0.0111. The van der Waals surface area contributed by atoms with Crippen molar-refractivity contribution >= 4 is 40.2 Å². The van der Waals surface area contributed by atoms with Crippen LogP contribution < -0.4 is 19.1 Å². The monoisotopic (exact) mass is 724 g/mol. The second kappa shape index (κ2) is 15.9. The smallest absolute Gasteiger partial charge is 0.445 e. The summed E-state index contributed by atoms with van der Waals surface area (Å²) in [7, 11) is 0. The number of benzene rings is 3. The van der Waals surface area contributed by atoms with E-state index < -0.39 is 46.2 Å². The second-order valence-electron chi connectivity index (χ2n) is 9.56. The number of halogens is 8. The number of nitrogens with zero attached hydrogens (tertiary/aromatic N) is 4. The fourth-order valence-electron chi connectivity index (χ4n) is 3.77. The van der Waals surface area contributed by atoms with Crippen LogP contribution in [0.3, 0.4) is 0 Å². The summed E-state index contributed by atoms with van der Waals surface area (Å²) in [6, 6.07) is 11.4. The van der Waals surface area contributed by atoms with Crippen LogP contribution in [-0.2, 0) is 17.1 Å². The largest absolute Gasteiger partial charge is 0.487 e. The van der Waals surface area contributed by atoms with E-state index in [9.17, 15) is 45.6 Å². The summed E-state index contributed by atoms with van der Waals surface area (Å²) < 4.78 is 104. The molecule has 0 aliphatic rings. The Morgan fingerprint density at radius 3 is 2.15 bits per heavy atom. The zero-order chi connectivity index (χ0) is 35.8. The van der Waals surface area contributed by atoms with Crippen LogP contribution in [0.4, 0.5) is 42.1 Å². The summed E-state index contributed by atoms with van der Waals surface area (Å²) >= 11 is 6.01. The number of hydrogen-bond acceptors (Lipinski definition) is 9. The van der Waals surface area contributed by atoms with Crippen molar-refractivity contribution in [2.24, 2.45) is 0 Å². The van der Waals surface area contributed by atoms with Crippen LogP contribution in [0.5, 0.6) is 22.4 Å². The maximum Gasteiger partial charge on any atom is 0.445 e. The van der Waals surface area contributed by atoms with Crippen molar-refractivity contribution in [1.82, 2.24) is 10.2 Å². The van der Waals surface area contributed by atoms with Gasteiger partial charge in [-0.05, 0) is 69.3 Å². The Hall–Kier alpha value is -4.71. The van der Waals surface area contributed by atoms with E-state index >= 15 is 0 Å². The molecule has 0 radical (unpaired) electrons. The molecule has 0 aliphatic heterocycles. The number of nitro groups is 1. The molecule has 0 fully saturated rings. The van der Waals surface area contributed by atoms with Crippen LogP contribution in [-0.4, -0.2) is 40.3 Å². The summed E-state index contributed by atoms with van der Waals surface area (Å²) in [5.41, 5.74) is -0.700. The molecule has 0 unspecified atom stereocenters. The first kappa shape index (κ1) is 37.7. The Balaban J connectivity index is 0.000000260. The molecule has 48 heavy (non-hydrogen) atoms. The lowest BCUT2D eigenvalue weighted by atomic mass is 10.2. The third-order valence-corrected chi connectivity index (χ3v) is 6.95. The normalized spacial score (nSPS) is 11.4. The molecule has 0 saturated heterocycles. The number of ether oxygens (including phenoxy) is 3. The lowest BCUT2D eigenvalue weighted by Crippen LogP contribution is -2.40. The number of alkyl halides is 6. The lowest BCUT2D eigenvalue weighted by Gasteiger charge is -2.26. The number of carbonyl (C=O) groups excluding carboxylic acids is 1. The third-order valence-electron chi connectivity index (χ3n) is 5.77. The second-order valence-corrected chi connectivity index (χ2v) is 10.9. The van der Waals surface area contributed by atoms with Gasteiger partial charge in [0, 0.05) is 23.9 Å². The molecule has 0 N–H and O–H groups in total. The molecule has 0 spiro atoms. The lowest BCUT2D eigenvalue weighted by molar-refractivity contribution is -0.385. The van der Waals surface area contributed by atoms with Gasteiger partial charge >= 0.3 is 18.0 Å². The quantitative estimate of drug-likeness (QED) is 0.0904. The molecule has 10 nitrogen and oxygen atoms in total. The average Bonchev–Trinajstić information content (AvgIpc) is 3.48. The van der Waals surface area contributed by atoms with Gasteiger partial charge in [-0.3, -0.25) is 14.9 Å². The molecular formula is C29H24ClF7N4O6S. The van der Waals surface area contributed by atoms with Crippen LogP contribution in [0.2, 0.25) is 5.02 Å². The molecule has 1 amide bonds. The molecule has 19 heteroatoms. The molecule has 0 bridgehead atoms. The first-order chi connectivity index (χ1) is 22.4. The topological polar surface area (TPSA) is 117 Å². The molecule has 4 rings (SSSR count). The molecule has 0 aliphatic carbocycles. The minimum Gasteiger partial charge on any atom is -0.487 e. The molecule has 3 aromatic carbocycles. The van der Waals surface area contributed by atoms with Gasteiger partial charge in [-0.25, -0.2) is 4.39 Å². The standard InChI is InChI=1S/C15H11ClF3NO4.C14H13F4N3O2S/c1-2-23-14-8-10(4-5-12(14)20(21)22)24-13-6-3-9(7-11(13)16)15(17,18)19;1-8(2)21(10-5-3-9(15)4-6-10)11(22)7-23-13-20-19-12(24-13)14(16,17)18/h3-8H,2H2,1H3;3-6,8H,7H2,1-2H3. The first-order valence-corrected chi connectivity index (χ1v) is 14.7. The highest BCUT2D eigenvalue weighted by molar-refractivity contribution is 7.13. The zero-order valence-corrected chi connectivity index (χ0v) is 26.5. The maximum atomic E-state index is 13.0. The molecule has 1 aromatic heterocycles. The van der Waals surface area contributed by atoms with Crippen molar-refractivity contribution in [3.05, 3.63) is 92.2 Å². The number of amides is 1. The van der Waals surface area contributed by atoms with Crippen LogP contribution in [0.1, 0.15) is 31.3 Å². The van der Waals surface area contributed by atoms with E-state index in [1.165, 1.54) is 47.4 Å². The molecule has 0 saturated carbocycles. The van der Waals surface area contributed by atoms with Gasteiger partial charge in [0.25, 0.3) is 11.1 Å². The Morgan fingerprint density at radius 1 is 0.958 bits per heavy atom. The van der Waals surface area contributed by atoms with Gasteiger partial charge in [-0.15, -0.1) is 5.10 Å². The fraction of sp³-hybridized carbons (Fsp3) is 0.276. The van der Waals surface area contributed by atoms with E-state index in [0.29, 0.717) is 5.69 Å². The van der Waals surface area contributed by atoms with Crippen molar-refractivity contribution in [3.8, 4) is 22.4 Å². The maximum absolute atomic E-state index is 13.0. The van der Waals surface area contributed by atoms with E-state index in [-0.39, 0.29) is 57.1 Å². The van der Waals surface area contributed by atoms with Crippen molar-refractivity contribution < 1.29 is 54.7 Å². The highest BCUT2D eigenvalue weighted by Crippen LogP contribution is 2.39. The van der Waals surface area contributed by atoms with Crippen LogP contribution in [0.25, 0.3) is 0 Å².